The van der Waals surface area contributed by atoms with Crippen LogP contribution in [-0.2, 0) is 16.1 Å². The molecule has 2 aliphatic rings. The summed E-state index contributed by atoms with van der Waals surface area (Å²) in [7, 11) is 0. The topological polar surface area (TPSA) is 85.2 Å². The van der Waals surface area contributed by atoms with Crippen molar-refractivity contribution in [2.24, 2.45) is 5.41 Å². The van der Waals surface area contributed by atoms with E-state index in [4.69, 9.17) is 4.84 Å². The molecule has 2 N–H and O–H groups in total. The van der Waals surface area contributed by atoms with Crippen LogP contribution in [0.5, 0.6) is 0 Å². The van der Waals surface area contributed by atoms with Gasteiger partial charge in [-0.3, -0.25) is 14.4 Å². The quantitative estimate of drug-likeness (QED) is 0.444. The number of aryl methyl sites for hydroxylation is 1. The molecule has 7 nitrogen and oxygen atoms in total. The maximum absolute atomic E-state index is 13.2. The Morgan fingerprint density at radius 1 is 1.09 bits per heavy atom. The van der Waals surface area contributed by atoms with E-state index in [1.54, 1.807) is 30.5 Å². The second-order valence-electron chi connectivity index (χ2n) is 8.52. The van der Waals surface area contributed by atoms with Crippen LogP contribution in [0.4, 0.5) is 0 Å². The smallest absolute Gasteiger partial charge is 0.274 e. The summed E-state index contributed by atoms with van der Waals surface area (Å²) in [5.41, 5.74) is 4.96. The molecule has 0 spiro atoms. The molecule has 3 aromatic rings. The summed E-state index contributed by atoms with van der Waals surface area (Å²) in [6.07, 6.45) is 7.65. The van der Waals surface area contributed by atoms with Gasteiger partial charge in [0.05, 0.1) is 18.1 Å². The van der Waals surface area contributed by atoms with Crippen molar-refractivity contribution in [1.82, 2.24) is 20.3 Å². The molecule has 1 fully saturated rings. The second kappa shape index (κ2) is 8.59. The summed E-state index contributed by atoms with van der Waals surface area (Å²) in [5, 5.41) is 3.25. The Labute approximate surface area is 186 Å². The van der Waals surface area contributed by atoms with E-state index >= 15 is 0 Å². The minimum atomic E-state index is -0.423. The van der Waals surface area contributed by atoms with Gasteiger partial charge in [-0.2, -0.15) is 0 Å². The number of nitrogens with one attached hydrogen (secondary N) is 2. The van der Waals surface area contributed by atoms with Crippen molar-refractivity contribution in [3.8, 4) is 5.69 Å². The maximum atomic E-state index is 13.2. The number of hydrogen-bond acceptors (Lipinski definition) is 4. The van der Waals surface area contributed by atoms with Crippen molar-refractivity contribution >= 4 is 11.8 Å². The molecule has 1 aromatic heterocycles. The van der Waals surface area contributed by atoms with Crippen LogP contribution in [0.15, 0.2) is 67.0 Å². The standard InChI is InChI=1S/C25H26N4O3/c30-23(19-7-2-1-3-8-19)28-32-17-14-25(12-13-25)24(31)27-20-11-10-18-6-4-5-9-21(18)29-16-15-26-22(20)29/h1-9,15-16,20H,10-14,17H2,(H,27,31)(H,28,30)/t20-/m1/s1. The number of amides is 2. The molecule has 7 heteroatoms. The molecule has 1 saturated carbocycles. The number of carbonyl (C=O) groups excluding carboxylic acids is 2. The highest BCUT2D eigenvalue weighted by Gasteiger charge is 2.50. The number of nitrogens with zero attached hydrogens (tertiary/aromatic N) is 2. The first-order valence-corrected chi connectivity index (χ1v) is 11.1. The zero-order valence-electron chi connectivity index (χ0n) is 17.8. The number of hydrogen-bond donors (Lipinski definition) is 2. The molecule has 0 radical (unpaired) electrons. The van der Waals surface area contributed by atoms with E-state index < -0.39 is 5.41 Å². The van der Waals surface area contributed by atoms with Gasteiger partial charge in [0.2, 0.25) is 5.91 Å². The molecule has 5 rings (SSSR count). The second-order valence-corrected chi connectivity index (χ2v) is 8.52. The molecule has 1 aliphatic heterocycles. The van der Waals surface area contributed by atoms with Crippen LogP contribution in [0.25, 0.3) is 5.69 Å². The molecule has 1 aliphatic carbocycles. The minimum absolute atomic E-state index is 0.0426. The highest BCUT2D eigenvalue weighted by Crippen LogP contribution is 2.49. The molecular formula is C25H26N4O3. The average Bonchev–Trinajstić information content (AvgIpc) is 3.50. The molecular weight excluding hydrogens is 404 g/mol. The fourth-order valence-electron chi connectivity index (χ4n) is 4.36. The van der Waals surface area contributed by atoms with E-state index in [2.05, 4.69) is 32.5 Å². The van der Waals surface area contributed by atoms with Gasteiger partial charge in [0.15, 0.2) is 0 Å². The number of imidazole rings is 1. The average molecular weight is 431 g/mol. The van der Waals surface area contributed by atoms with Crippen molar-refractivity contribution < 1.29 is 14.4 Å². The van der Waals surface area contributed by atoms with Gasteiger partial charge >= 0.3 is 0 Å². The van der Waals surface area contributed by atoms with Crippen molar-refractivity contribution in [1.29, 1.82) is 0 Å². The number of rotatable bonds is 7. The highest BCUT2D eigenvalue weighted by molar-refractivity contribution is 5.93. The Hall–Kier alpha value is -3.45. The van der Waals surface area contributed by atoms with E-state index in [1.807, 2.05) is 24.4 Å². The third kappa shape index (κ3) is 4.03. The lowest BCUT2D eigenvalue weighted by atomic mass is 10.00. The predicted molar refractivity (Wildman–Crippen MR) is 119 cm³/mol. The lowest BCUT2D eigenvalue weighted by Crippen LogP contribution is -2.37. The van der Waals surface area contributed by atoms with Gasteiger partial charge in [-0.25, -0.2) is 10.5 Å². The molecule has 2 aromatic carbocycles. The Kier molecular flexibility index (Phi) is 5.49. The van der Waals surface area contributed by atoms with Gasteiger partial charge in [-0.05, 0) is 55.9 Å². The zero-order chi connectivity index (χ0) is 22.0. The minimum Gasteiger partial charge on any atom is -0.346 e. The van der Waals surface area contributed by atoms with Gasteiger partial charge in [0.25, 0.3) is 5.91 Å². The molecule has 32 heavy (non-hydrogen) atoms. The van der Waals surface area contributed by atoms with Crippen LogP contribution >= 0.6 is 0 Å². The normalized spacial score (nSPS) is 18.1. The first-order chi connectivity index (χ1) is 15.7. The van der Waals surface area contributed by atoms with Crippen molar-refractivity contribution in [2.75, 3.05) is 6.61 Å². The fraction of sp³-hybridized carbons (Fsp3) is 0.320. The van der Waals surface area contributed by atoms with E-state index in [0.29, 0.717) is 12.0 Å². The predicted octanol–water partition coefficient (Wildman–Crippen LogP) is 3.51. The van der Waals surface area contributed by atoms with E-state index in [-0.39, 0.29) is 24.5 Å². The van der Waals surface area contributed by atoms with Gasteiger partial charge in [-0.1, -0.05) is 36.4 Å². The Morgan fingerprint density at radius 2 is 1.88 bits per heavy atom. The number of carbonyl (C=O) groups is 2. The Morgan fingerprint density at radius 3 is 2.69 bits per heavy atom. The van der Waals surface area contributed by atoms with Gasteiger partial charge in [0.1, 0.15) is 5.82 Å². The van der Waals surface area contributed by atoms with E-state index in [9.17, 15) is 9.59 Å². The van der Waals surface area contributed by atoms with Crippen LogP contribution in [0.2, 0.25) is 0 Å². The van der Waals surface area contributed by atoms with Crippen LogP contribution < -0.4 is 10.8 Å². The highest BCUT2D eigenvalue weighted by atomic mass is 16.6. The molecule has 2 amide bonds. The monoisotopic (exact) mass is 430 g/mol. The van der Waals surface area contributed by atoms with Crippen LogP contribution in [0, 0.1) is 5.41 Å². The first kappa shape index (κ1) is 20.5. The lowest BCUT2D eigenvalue weighted by molar-refractivity contribution is -0.128. The molecule has 1 atom stereocenters. The van der Waals surface area contributed by atoms with Crippen LogP contribution in [0.3, 0.4) is 0 Å². The zero-order valence-corrected chi connectivity index (χ0v) is 17.8. The van der Waals surface area contributed by atoms with Crippen molar-refractivity contribution in [3.63, 3.8) is 0 Å². The Bertz CT molecular complexity index is 1120. The molecule has 164 valence electrons. The lowest BCUT2D eigenvalue weighted by Gasteiger charge is -2.21. The van der Waals surface area contributed by atoms with Gasteiger partial charge in [-0.15, -0.1) is 0 Å². The van der Waals surface area contributed by atoms with E-state index in [1.165, 1.54) is 5.56 Å². The fourth-order valence-corrected chi connectivity index (χ4v) is 4.36. The summed E-state index contributed by atoms with van der Waals surface area (Å²) in [4.78, 5) is 35.2. The molecule has 0 saturated heterocycles. The number of benzene rings is 2. The largest absolute Gasteiger partial charge is 0.346 e. The third-order valence-electron chi connectivity index (χ3n) is 6.46. The Balaban J connectivity index is 1.18. The van der Waals surface area contributed by atoms with Crippen LogP contribution in [0.1, 0.15) is 53.5 Å². The SMILES string of the molecule is O=C(NOCCC1(C(=O)N[C@@H]2CCc3ccccc3-n3ccnc32)CC1)c1ccccc1. The summed E-state index contributed by atoms with van der Waals surface area (Å²) in [6, 6.07) is 17.1. The number of hydroxylamine groups is 1. The van der Waals surface area contributed by atoms with Crippen molar-refractivity contribution in [2.45, 2.75) is 38.1 Å². The summed E-state index contributed by atoms with van der Waals surface area (Å²) in [5.74, 6) is 0.622. The number of aromatic nitrogens is 2. The maximum Gasteiger partial charge on any atom is 0.274 e. The summed E-state index contributed by atoms with van der Waals surface area (Å²) < 4.78 is 2.08. The third-order valence-corrected chi connectivity index (χ3v) is 6.46. The summed E-state index contributed by atoms with van der Waals surface area (Å²) in [6.45, 7) is 0.288. The van der Waals surface area contributed by atoms with E-state index in [0.717, 1.165) is 37.2 Å². The number of para-hydroxylation sites is 1. The molecule has 0 unspecified atom stereocenters. The van der Waals surface area contributed by atoms with Crippen LogP contribution in [-0.4, -0.2) is 28.0 Å². The van der Waals surface area contributed by atoms with Crippen molar-refractivity contribution in [3.05, 3.63) is 83.9 Å². The summed E-state index contributed by atoms with van der Waals surface area (Å²) >= 11 is 0. The van der Waals surface area contributed by atoms with Gasteiger partial charge in [0, 0.05) is 23.6 Å². The van der Waals surface area contributed by atoms with Gasteiger partial charge < -0.3 is 9.88 Å². The first-order valence-electron chi connectivity index (χ1n) is 11.1. The molecule has 0 bridgehead atoms. The number of fused-ring (bicyclic) bond motifs is 3. The molecule has 2 heterocycles.